The molecule has 0 aliphatic heterocycles. The molecule has 2 N–H and O–H groups in total. The zero-order valence-corrected chi connectivity index (χ0v) is 15.4. The Balaban J connectivity index is 1.74. The van der Waals surface area contributed by atoms with Gasteiger partial charge in [-0.15, -0.1) is 0 Å². The van der Waals surface area contributed by atoms with Crippen LogP contribution in [0.25, 0.3) is 11.4 Å². The lowest BCUT2D eigenvalue weighted by atomic mass is 10.1. The topological polar surface area (TPSA) is 79.9 Å². The molecule has 3 rings (SSSR count). The number of rotatable bonds is 7. The average molecular weight is 386 g/mol. The van der Waals surface area contributed by atoms with Crippen molar-refractivity contribution in [2.75, 3.05) is 5.32 Å². The van der Waals surface area contributed by atoms with E-state index < -0.39 is 6.61 Å². The smallest absolute Gasteiger partial charge is 0.387 e. The summed E-state index contributed by atoms with van der Waals surface area (Å²) < 4.78 is 29.2. The molecular formula is C20H20F2N4O2. The number of H-pyrrole nitrogens is 1. The summed E-state index contributed by atoms with van der Waals surface area (Å²) in [6.45, 7) is 0.958. The Labute approximate surface area is 160 Å². The molecule has 0 aliphatic carbocycles. The Morgan fingerprint density at radius 3 is 2.71 bits per heavy atom. The number of nitrogens with one attached hydrogen (secondary N) is 2. The number of alkyl halides is 2. The molecule has 0 aliphatic rings. The highest BCUT2D eigenvalue weighted by Crippen LogP contribution is 2.24. The molecule has 8 heteroatoms. The SMILES string of the molecule is CCc1cc(=O)[nH]c(-c2ccc(NC(C)c3cccc(OC(F)F)c3)nc2)n1. The number of nitrogens with zero attached hydrogens (tertiary/aromatic N) is 2. The van der Waals surface area contributed by atoms with E-state index in [1.807, 2.05) is 19.9 Å². The highest BCUT2D eigenvalue weighted by Gasteiger charge is 2.10. The van der Waals surface area contributed by atoms with Gasteiger partial charge in [0.25, 0.3) is 5.56 Å². The largest absolute Gasteiger partial charge is 0.435 e. The molecule has 2 aromatic heterocycles. The number of aryl methyl sites for hydroxylation is 1. The molecule has 2 heterocycles. The molecule has 0 fully saturated rings. The molecule has 3 aromatic rings. The molecule has 28 heavy (non-hydrogen) atoms. The van der Waals surface area contributed by atoms with Gasteiger partial charge in [0.1, 0.15) is 17.4 Å². The van der Waals surface area contributed by atoms with Gasteiger partial charge in [0.05, 0.1) is 6.04 Å². The Hall–Kier alpha value is -3.29. The zero-order valence-electron chi connectivity index (χ0n) is 15.4. The number of halogens is 2. The van der Waals surface area contributed by atoms with Crippen LogP contribution < -0.4 is 15.6 Å². The van der Waals surface area contributed by atoms with Gasteiger partial charge in [-0.1, -0.05) is 19.1 Å². The number of aromatic nitrogens is 3. The maximum atomic E-state index is 12.4. The van der Waals surface area contributed by atoms with Gasteiger partial charge in [0, 0.05) is 23.5 Å². The Bertz CT molecular complexity index is 990. The molecule has 1 aromatic carbocycles. The van der Waals surface area contributed by atoms with Crippen molar-refractivity contribution in [3.63, 3.8) is 0 Å². The standard InChI is InChI=1S/C20H20F2N4O2/c1-3-15-10-18(27)26-19(25-15)14-7-8-17(23-11-14)24-12(2)13-5-4-6-16(9-13)28-20(21)22/h4-12,20H,3H2,1-2H3,(H,23,24)(H,25,26,27). The summed E-state index contributed by atoms with van der Waals surface area (Å²) in [5, 5.41) is 3.20. The summed E-state index contributed by atoms with van der Waals surface area (Å²) in [5.41, 5.74) is 1.98. The third-order valence-corrected chi connectivity index (χ3v) is 4.14. The molecule has 0 bridgehead atoms. The van der Waals surface area contributed by atoms with Crippen LogP contribution in [0.1, 0.15) is 31.1 Å². The third-order valence-electron chi connectivity index (χ3n) is 4.14. The summed E-state index contributed by atoms with van der Waals surface area (Å²) in [7, 11) is 0. The van der Waals surface area contributed by atoms with Gasteiger partial charge in [0.2, 0.25) is 0 Å². The van der Waals surface area contributed by atoms with Crippen molar-refractivity contribution in [2.45, 2.75) is 32.9 Å². The van der Waals surface area contributed by atoms with E-state index in [1.165, 1.54) is 12.1 Å². The molecule has 1 unspecified atom stereocenters. The summed E-state index contributed by atoms with van der Waals surface area (Å²) in [6, 6.07) is 11.4. The van der Waals surface area contributed by atoms with Crippen molar-refractivity contribution < 1.29 is 13.5 Å². The van der Waals surface area contributed by atoms with Crippen LogP contribution in [0.2, 0.25) is 0 Å². The van der Waals surface area contributed by atoms with Crippen LogP contribution >= 0.6 is 0 Å². The van der Waals surface area contributed by atoms with E-state index in [0.29, 0.717) is 29.3 Å². The molecule has 6 nitrogen and oxygen atoms in total. The minimum absolute atomic E-state index is 0.107. The fraction of sp³-hybridized carbons (Fsp3) is 0.250. The first kappa shape index (κ1) is 19.5. The maximum absolute atomic E-state index is 12.4. The van der Waals surface area contributed by atoms with Crippen molar-refractivity contribution in [2.24, 2.45) is 0 Å². The van der Waals surface area contributed by atoms with E-state index in [0.717, 1.165) is 5.56 Å². The van der Waals surface area contributed by atoms with Crippen molar-refractivity contribution in [3.8, 4) is 17.1 Å². The van der Waals surface area contributed by atoms with Crippen LogP contribution in [-0.2, 0) is 6.42 Å². The second-order valence-electron chi connectivity index (χ2n) is 6.19. The van der Waals surface area contributed by atoms with Gasteiger partial charge in [0.15, 0.2) is 0 Å². The first-order valence-corrected chi connectivity index (χ1v) is 8.82. The molecule has 0 saturated carbocycles. The van der Waals surface area contributed by atoms with E-state index in [-0.39, 0.29) is 17.4 Å². The van der Waals surface area contributed by atoms with Crippen molar-refractivity contribution in [1.82, 2.24) is 15.0 Å². The number of ether oxygens (including phenoxy) is 1. The van der Waals surface area contributed by atoms with Gasteiger partial charge in [-0.2, -0.15) is 8.78 Å². The van der Waals surface area contributed by atoms with E-state index in [9.17, 15) is 13.6 Å². The second kappa shape index (κ2) is 8.60. The Kier molecular flexibility index (Phi) is 5.98. The van der Waals surface area contributed by atoms with Crippen LogP contribution in [0.4, 0.5) is 14.6 Å². The number of hydrogen-bond donors (Lipinski definition) is 2. The summed E-state index contributed by atoms with van der Waals surface area (Å²) in [4.78, 5) is 23.2. The van der Waals surface area contributed by atoms with Gasteiger partial charge < -0.3 is 15.0 Å². The number of hydrogen-bond acceptors (Lipinski definition) is 5. The second-order valence-corrected chi connectivity index (χ2v) is 6.19. The molecule has 0 spiro atoms. The molecular weight excluding hydrogens is 366 g/mol. The first-order valence-electron chi connectivity index (χ1n) is 8.82. The first-order chi connectivity index (χ1) is 13.4. The van der Waals surface area contributed by atoms with Crippen molar-refractivity contribution in [1.29, 1.82) is 0 Å². The van der Waals surface area contributed by atoms with Crippen LogP contribution in [0.15, 0.2) is 53.5 Å². The van der Waals surface area contributed by atoms with Crippen molar-refractivity contribution >= 4 is 5.82 Å². The molecule has 0 amide bonds. The predicted octanol–water partition coefficient (Wildman–Crippen LogP) is 4.17. The monoisotopic (exact) mass is 386 g/mol. The highest BCUT2D eigenvalue weighted by atomic mass is 19.3. The minimum atomic E-state index is -2.86. The van der Waals surface area contributed by atoms with Crippen LogP contribution in [0.5, 0.6) is 5.75 Å². The predicted molar refractivity (Wildman–Crippen MR) is 103 cm³/mol. The summed E-state index contributed by atoms with van der Waals surface area (Å²) in [6.07, 6.45) is 2.28. The zero-order chi connectivity index (χ0) is 20.1. The lowest BCUT2D eigenvalue weighted by Gasteiger charge is -2.16. The number of benzene rings is 1. The lowest BCUT2D eigenvalue weighted by Crippen LogP contribution is -2.11. The normalized spacial score (nSPS) is 12.0. The fourth-order valence-electron chi connectivity index (χ4n) is 2.71. The maximum Gasteiger partial charge on any atom is 0.387 e. The van der Waals surface area contributed by atoms with E-state index in [2.05, 4.69) is 25.0 Å². The molecule has 0 saturated heterocycles. The summed E-state index contributed by atoms with van der Waals surface area (Å²) >= 11 is 0. The van der Waals surface area contributed by atoms with Crippen LogP contribution in [0, 0.1) is 0 Å². The lowest BCUT2D eigenvalue weighted by molar-refractivity contribution is -0.0498. The Morgan fingerprint density at radius 2 is 2.04 bits per heavy atom. The van der Waals surface area contributed by atoms with Gasteiger partial charge in [-0.05, 0) is 43.2 Å². The molecule has 146 valence electrons. The minimum Gasteiger partial charge on any atom is -0.435 e. The number of aromatic amines is 1. The quantitative estimate of drug-likeness (QED) is 0.637. The Morgan fingerprint density at radius 1 is 1.21 bits per heavy atom. The number of pyridine rings is 1. The highest BCUT2D eigenvalue weighted by molar-refractivity contribution is 5.56. The van der Waals surface area contributed by atoms with Gasteiger partial charge in [-0.3, -0.25) is 4.79 Å². The molecule has 1 atom stereocenters. The van der Waals surface area contributed by atoms with Gasteiger partial charge >= 0.3 is 6.61 Å². The summed E-state index contributed by atoms with van der Waals surface area (Å²) in [5.74, 6) is 1.18. The van der Waals surface area contributed by atoms with Crippen LogP contribution in [-0.4, -0.2) is 21.6 Å². The van der Waals surface area contributed by atoms with E-state index in [4.69, 9.17) is 0 Å². The van der Waals surface area contributed by atoms with Crippen molar-refractivity contribution in [3.05, 3.63) is 70.3 Å². The van der Waals surface area contributed by atoms with E-state index >= 15 is 0 Å². The van der Waals surface area contributed by atoms with Crippen LogP contribution in [0.3, 0.4) is 0 Å². The average Bonchev–Trinajstić information content (AvgIpc) is 2.67. The molecule has 0 radical (unpaired) electrons. The van der Waals surface area contributed by atoms with E-state index in [1.54, 1.807) is 30.5 Å². The number of anilines is 1. The van der Waals surface area contributed by atoms with Gasteiger partial charge in [-0.25, -0.2) is 9.97 Å². The third kappa shape index (κ3) is 4.91. The fourth-order valence-corrected chi connectivity index (χ4v) is 2.71.